The molecule has 2 aliphatic rings. The van der Waals surface area contributed by atoms with E-state index in [0.29, 0.717) is 23.9 Å². The van der Waals surface area contributed by atoms with E-state index in [1.807, 2.05) is 29.2 Å². The van der Waals surface area contributed by atoms with E-state index >= 15 is 0 Å². The van der Waals surface area contributed by atoms with Gasteiger partial charge in [0.25, 0.3) is 5.91 Å². The summed E-state index contributed by atoms with van der Waals surface area (Å²) in [6.07, 6.45) is 3.21. The average molecular weight is 347 g/mol. The largest absolute Gasteiger partial charge is 0.365 e. The van der Waals surface area contributed by atoms with E-state index in [4.69, 9.17) is 16.3 Å². The number of nitrogens with zero attached hydrogens (tertiary/aromatic N) is 4. The van der Waals surface area contributed by atoms with Crippen LogP contribution >= 0.6 is 11.6 Å². The van der Waals surface area contributed by atoms with Gasteiger partial charge < -0.3 is 9.64 Å². The van der Waals surface area contributed by atoms with Gasteiger partial charge in [0.1, 0.15) is 6.10 Å². The Hall–Kier alpha value is -1.92. The van der Waals surface area contributed by atoms with Crippen LogP contribution in [0.4, 0.5) is 0 Å². The summed E-state index contributed by atoms with van der Waals surface area (Å²) in [5, 5.41) is 9.01. The Kier molecular flexibility index (Phi) is 4.24. The molecule has 0 aliphatic carbocycles. The molecule has 1 aromatic carbocycles. The number of hydrogen-bond donors (Lipinski definition) is 0. The van der Waals surface area contributed by atoms with Crippen molar-refractivity contribution >= 4 is 17.5 Å². The smallest absolute Gasteiger partial charge is 0.276 e. The van der Waals surface area contributed by atoms with Crippen LogP contribution in [0.25, 0.3) is 0 Å². The van der Waals surface area contributed by atoms with Gasteiger partial charge in [-0.2, -0.15) is 0 Å². The number of likely N-dealkylation sites (tertiary alicyclic amines) is 1. The summed E-state index contributed by atoms with van der Waals surface area (Å²) in [4.78, 5) is 14.5. The molecule has 1 amide bonds. The van der Waals surface area contributed by atoms with Gasteiger partial charge in [-0.05, 0) is 37.0 Å². The Morgan fingerprint density at radius 1 is 1.17 bits per heavy atom. The molecule has 7 heteroatoms. The minimum atomic E-state index is -0.102. The predicted octanol–water partition coefficient (Wildman–Crippen LogP) is 2.83. The number of fused-ring (bicyclic) bond motifs is 1. The first-order chi connectivity index (χ1) is 11.7. The van der Waals surface area contributed by atoms with Gasteiger partial charge in [-0.25, -0.2) is 4.68 Å². The van der Waals surface area contributed by atoms with Crippen molar-refractivity contribution in [3.63, 3.8) is 0 Å². The molecule has 4 rings (SSSR count). The van der Waals surface area contributed by atoms with Gasteiger partial charge in [0, 0.05) is 18.1 Å². The van der Waals surface area contributed by atoms with Crippen LogP contribution in [0.3, 0.4) is 0 Å². The Labute approximate surface area is 145 Å². The van der Waals surface area contributed by atoms with Crippen molar-refractivity contribution in [3.05, 3.63) is 46.2 Å². The SMILES string of the molecule is O=C(c1nnn2c1CO[C@H](c1ccc(Cl)cc1)C2)N1CCCCC1. The highest BCUT2D eigenvalue weighted by atomic mass is 35.5. The van der Waals surface area contributed by atoms with Crippen molar-refractivity contribution in [2.75, 3.05) is 13.1 Å². The van der Waals surface area contributed by atoms with Crippen molar-refractivity contribution in [3.8, 4) is 0 Å². The van der Waals surface area contributed by atoms with E-state index in [0.717, 1.165) is 37.2 Å². The van der Waals surface area contributed by atoms with Gasteiger partial charge in [0.2, 0.25) is 0 Å². The van der Waals surface area contributed by atoms with Crippen LogP contribution in [-0.4, -0.2) is 38.9 Å². The molecule has 1 saturated heterocycles. The summed E-state index contributed by atoms with van der Waals surface area (Å²) in [5.74, 6) is -0.0236. The quantitative estimate of drug-likeness (QED) is 0.839. The first-order valence-corrected chi connectivity index (χ1v) is 8.69. The number of hydrogen-bond acceptors (Lipinski definition) is 4. The van der Waals surface area contributed by atoms with Crippen molar-refractivity contribution in [2.24, 2.45) is 0 Å². The van der Waals surface area contributed by atoms with Gasteiger partial charge in [0.15, 0.2) is 5.69 Å². The molecule has 0 unspecified atom stereocenters. The third-order valence-corrected chi connectivity index (χ3v) is 4.94. The molecule has 2 aliphatic heterocycles. The number of carbonyl (C=O) groups excluding carboxylic acids is 1. The molecule has 0 N–H and O–H groups in total. The van der Waals surface area contributed by atoms with E-state index in [2.05, 4.69) is 10.3 Å². The first kappa shape index (κ1) is 15.6. The molecule has 2 aromatic rings. The zero-order chi connectivity index (χ0) is 16.5. The number of ether oxygens (including phenoxy) is 1. The lowest BCUT2D eigenvalue weighted by Gasteiger charge is -2.27. The third kappa shape index (κ3) is 2.91. The van der Waals surface area contributed by atoms with E-state index in [-0.39, 0.29) is 12.0 Å². The van der Waals surface area contributed by atoms with E-state index < -0.39 is 0 Å². The second-order valence-corrected chi connectivity index (χ2v) is 6.71. The average Bonchev–Trinajstić information content (AvgIpc) is 3.05. The second-order valence-electron chi connectivity index (χ2n) is 6.27. The van der Waals surface area contributed by atoms with E-state index in [1.165, 1.54) is 6.42 Å². The third-order valence-electron chi connectivity index (χ3n) is 4.69. The van der Waals surface area contributed by atoms with Crippen LogP contribution in [-0.2, 0) is 17.9 Å². The maximum absolute atomic E-state index is 12.7. The van der Waals surface area contributed by atoms with Crippen molar-refractivity contribution in [1.29, 1.82) is 0 Å². The molecule has 3 heterocycles. The highest BCUT2D eigenvalue weighted by Gasteiger charge is 2.30. The van der Waals surface area contributed by atoms with Gasteiger partial charge in [-0.1, -0.05) is 28.9 Å². The molecule has 0 bridgehead atoms. The fourth-order valence-corrected chi connectivity index (χ4v) is 3.43. The van der Waals surface area contributed by atoms with Crippen LogP contribution < -0.4 is 0 Å². The van der Waals surface area contributed by atoms with E-state index in [9.17, 15) is 4.79 Å². The summed E-state index contributed by atoms with van der Waals surface area (Å²) in [7, 11) is 0. The van der Waals surface area contributed by atoms with Gasteiger partial charge in [-0.3, -0.25) is 4.79 Å². The highest BCUT2D eigenvalue weighted by molar-refractivity contribution is 6.30. The summed E-state index contributed by atoms with van der Waals surface area (Å²) >= 11 is 5.93. The number of rotatable bonds is 2. The van der Waals surface area contributed by atoms with Crippen LogP contribution in [0, 0.1) is 0 Å². The zero-order valence-electron chi connectivity index (χ0n) is 13.3. The summed E-state index contributed by atoms with van der Waals surface area (Å²) in [5.41, 5.74) is 2.26. The highest BCUT2D eigenvalue weighted by Crippen LogP contribution is 2.28. The number of piperidine rings is 1. The van der Waals surface area contributed by atoms with Gasteiger partial charge in [0.05, 0.1) is 18.8 Å². The molecule has 1 fully saturated rings. The Balaban J connectivity index is 1.53. The molecular formula is C17H19ClN4O2. The Morgan fingerprint density at radius 3 is 2.67 bits per heavy atom. The number of carbonyl (C=O) groups is 1. The van der Waals surface area contributed by atoms with Crippen molar-refractivity contribution < 1.29 is 9.53 Å². The Morgan fingerprint density at radius 2 is 1.92 bits per heavy atom. The summed E-state index contributed by atoms with van der Waals surface area (Å²) in [6.45, 7) is 2.51. The predicted molar refractivity (Wildman–Crippen MR) is 88.8 cm³/mol. The van der Waals surface area contributed by atoms with Gasteiger partial charge in [-0.15, -0.1) is 5.10 Å². The first-order valence-electron chi connectivity index (χ1n) is 8.31. The fourth-order valence-electron chi connectivity index (χ4n) is 3.30. The van der Waals surface area contributed by atoms with Crippen LogP contribution in [0.5, 0.6) is 0 Å². The molecule has 0 spiro atoms. The summed E-state index contributed by atoms with van der Waals surface area (Å²) < 4.78 is 7.74. The van der Waals surface area contributed by atoms with Crippen molar-refractivity contribution in [2.45, 2.75) is 38.5 Å². The minimum Gasteiger partial charge on any atom is -0.365 e. The second kappa shape index (κ2) is 6.53. The number of halogens is 1. The molecule has 0 radical (unpaired) electrons. The van der Waals surface area contributed by atoms with Gasteiger partial charge >= 0.3 is 0 Å². The fraction of sp³-hybridized carbons (Fsp3) is 0.471. The number of benzene rings is 1. The topological polar surface area (TPSA) is 60.3 Å². The standard InChI is InChI=1S/C17H19ClN4O2/c18-13-6-4-12(5-7-13)15-10-22-14(11-24-15)16(19-20-22)17(23)21-8-2-1-3-9-21/h4-7,15H,1-3,8-11H2/t15-/m0/s1. The van der Waals surface area contributed by atoms with Crippen molar-refractivity contribution in [1.82, 2.24) is 19.9 Å². The Bertz CT molecular complexity index is 738. The minimum absolute atomic E-state index is 0.0236. The maximum atomic E-state index is 12.7. The lowest BCUT2D eigenvalue weighted by molar-refractivity contribution is -0.00198. The molecule has 6 nitrogen and oxygen atoms in total. The maximum Gasteiger partial charge on any atom is 0.276 e. The lowest BCUT2D eigenvalue weighted by Crippen LogP contribution is -2.36. The number of amides is 1. The zero-order valence-corrected chi connectivity index (χ0v) is 14.1. The molecule has 1 aromatic heterocycles. The number of aromatic nitrogens is 3. The molecule has 1 atom stereocenters. The lowest BCUT2D eigenvalue weighted by atomic mass is 10.1. The monoisotopic (exact) mass is 346 g/mol. The normalized spacial score (nSPS) is 20.7. The molecule has 126 valence electrons. The summed E-state index contributed by atoms with van der Waals surface area (Å²) in [6, 6.07) is 7.61. The van der Waals surface area contributed by atoms with Crippen LogP contribution in [0.2, 0.25) is 5.02 Å². The molecule has 24 heavy (non-hydrogen) atoms. The molecular weight excluding hydrogens is 328 g/mol. The van der Waals surface area contributed by atoms with E-state index in [1.54, 1.807) is 4.68 Å². The molecule has 0 saturated carbocycles. The van der Waals surface area contributed by atoms with Crippen LogP contribution in [0.15, 0.2) is 24.3 Å². The van der Waals surface area contributed by atoms with Crippen LogP contribution in [0.1, 0.15) is 47.1 Å².